The van der Waals surface area contributed by atoms with Crippen molar-refractivity contribution in [1.29, 1.82) is 0 Å². The number of aryl methyl sites for hydroxylation is 2. The molecule has 2 aliphatic heterocycles. The number of benzene rings is 1. The lowest BCUT2D eigenvalue weighted by atomic mass is 10.1. The number of amides is 1. The van der Waals surface area contributed by atoms with Crippen molar-refractivity contribution in [3.05, 3.63) is 46.8 Å². The minimum absolute atomic E-state index is 0.0172. The van der Waals surface area contributed by atoms with Gasteiger partial charge in [0.2, 0.25) is 6.79 Å². The van der Waals surface area contributed by atoms with Crippen LogP contribution < -0.4 is 9.47 Å². The zero-order chi connectivity index (χ0) is 19.0. The molecule has 0 aliphatic carbocycles. The van der Waals surface area contributed by atoms with Gasteiger partial charge in [0.25, 0.3) is 5.91 Å². The van der Waals surface area contributed by atoms with Gasteiger partial charge in [-0.05, 0) is 38.1 Å². The summed E-state index contributed by atoms with van der Waals surface area (Å²) < 4.78 is 10.6. The Labute approximate surface area is 157 Å². The quantitative estimate of drug-likeness (QED) is 0.835. The molecule has 1 fully saturated rings. The highest BCUT2D eigenvalue weighted by Crippen LogP contribution is 2.32. The number of aromatic amines is 1. The number of fused-ring (bicyclic) bond motifs is 1. The summed E-state index contributed by atoms with van der Waals surface area (Å²) in [6, 6.07) is 7.17. The van der Waals surface area contributed by atoms with Gasteiger partial charge in [-0.25, -0.2) is 0 Å². The van der Waals surface area contributed by atoms with Gasteiger partial charge in [0.15, 0.2) is 17.3 Å². The van der Waals surface area contributed by atoms with E-state index in [0.29, 0.717) is 49.8 Å². The maximum absolute atomic E-state index is 12.7. The third kappa shape index (κ3) is 3.55. The predicted octanol–water partition coefficient (Wildman–Crippen LogP) is 2.00. The van der Waals surface area contributed by atoms with Gasteiger partial charge in [0, 0.05) is 48.7 Å². The normalized spacial score (nSPS) is 16.6. The Morgan fingerprint density at radius 3 is 2.48 bits per heavy atom. The fourth-order valence-electron chi connectivity index (χ4n) is 3.62. The first-order valence-corrected chi connectivity index (χ1v) is 9.12. The molecule has 1 aromatic carbocycles. The molecule has 0 atom stereocenters. The van der Waals surface area contributed by atoms with E-state index in [9.17, 15) is 9.59 Å². The van der Waals surface area contributed by atoms with Crippen molar-refractivity contribution >= 4 is 11.7 Å². The van der Waals surface area contributed by atoms with E-state index in [1.54, 1.807) is 18.2 Å². The lowest BCUT2D eigenvalue weighted by Crippen LogP contribution is -2.49. The van der Waals surface area contributed by atoms with E-state index in [-0.39, 0.29) is 18.5 Å². The zero-order valence-electron chi connectivity index (χ0n) is 15.6. The fraction of sp³-hybridized carbons (Fsp3) is 0.400. The smallest absolute Gasteiger partial charge is 0.254 e. The average molecular weight is 369 g/mol. The number of nitrogens with one attached hydrogen (secondary N) is 1. The van der Waals surface area contributed by atoms with E-state index < -0.39 is 0 Å². The summed E-state index contributed by atoms with van der Waals surface area (Å²) in [4.78, 5) is 32.4. The number of rotatable bonds is 4. The molecule has 7 heteroatoms. The number of carbonyl (C=O) groups is 2. The molecule has 142 valence electrons. The number of piperazine rings is 1. The number of carbonyl (C=O) groups excluding carboxylic acids is 2. The van der Waals surface area contributed by atoms with Gasteiger partial charge in [-0.1, -0.05) is 0 Å². The molecule has 0 spiro atoms. The maximum atomic E-state index is 12.7. The lowest BCUT2D eigenvalue weighted by molar-refractivity contribution is 0.0624. The van der Waals surface area contributed by atoms with Gasteiger partial charge in [-0.3, -0.25) is 14.5 Å². The second kappa shape index (κ2) is 7.08. The fourth-order valence-corrected chi connectivity index (χ4v) is 3.62. The van der Waals surface area contributed by atoms with Crippen molar-refractivity contribution in [3.63, 3.8) is 0 Å². The summed E-state index contributed by atoms with van der Waals surface area (Å²) in [6.07, 6.45) is 0. The number of nitrogens with zero attached hydrogens (tertiary/aromatic N) is 2. The van der Waals surface area contributed by atoms with Crippen LogP contribution in [0, 0.1) is 13.8 Å². The van der Waals surface area contributed by atoms with Crippen LogP contribution >= 0.6 is 0 Å². The van der Waals surface area contributed by atoms with Crippen molar-refractivity contribution in [2.24, 2.45) is 0 Å². The summed E-state index contributed by atoms with van der Waals surface area (Å²) in [5.41, 5.74) is 3.26. The average Bonchev–Trinajstić information content (AvgIpc) is 3.26. The Bertz CT molecular complexity index is 881. The Balaban J connectivity index is 1.34. The molecular formula is C20H23N3O4. The Morgan fingerprint density at radius 2 is 1.78 bits per heavy atom. The molecule has 1 N–H and O–H groups in total. The number of hydrogen-bond acceptors (Lipinski definition) is 5. The first kappa shape index (κ1) is 17.6. The van der Waals surface area contributed by atoms with Crippen LogP contribution in [0.4, 0.5) is 0 Å². The standard InChI is InChI=1S/C20H23N3O4/c1-13-9-16(14(2)21-13)17(24)11-22-5-7-23(8-6-22)20(25)15-3-4-18-19(10-15)27-12-26-18/h3-4,9-10,21H,5-8,11-12H2,1-2H3. The van der Waals surface area contributed by atoms with Gasteiger partial charge in [0.1, 0.15) is 0 Å². The molecule has 4 rings (SSSR count). The predicted molar refractivity (Wildman–Crippen MR) is 99.5 cm³/mol. The van der Waals surface area contributed by atoms with Crippen LogP contribution in [0.2, 0.25) is 0 Å². The van der Waals surface area contributed by atoms with Crippen molar-refractivity contribution in [3.8, 4) is 11.5 Å². The number of H-pyrrole nitrogens is 1. The highest BCUT2D eigenvalue weighted by Gasteiger charge is 2.25. The number of Topliss-reactive ketones (excluding diaryl/α,β-unsaturated/α-hetero) is 1. The molecule has 0 bridgehead atoms. The van der Waals surface area contributed by atoms with Gasteiger partial charge in [0.05, 0.1) is 6.54 Å². The second-order valence-electron chi connectivity index (χ2n) is 7.05. The van der Waals surface area contributed by atoms with Gasteiger partial charge in [-0.2, -0.15) is 0 Å². The van der Waals surface area contributed by atoms with Gasteiger partial charge in [-0.15, -0.1) is 0 Å². The monoisotopic (exact) mass is 369 g/mol. The second-order valence-corrected chi connectivity index (χ2v) is 7.05. The van der Waals surface area contributed by atoms with Crippen LogP contribution in [0.25, 0.3) is 0 Å². The molecule has 0 radical (unpaired) electrons. The third-order valence-corrected chi connectivity index (χ3v) is 5.10. The number of ketones is 1. The highest BCUT2D eigenvalue weighted by molar-refractivity contribution is 5.99. The van der Waals surface area contributed by atoms with Gasteiger partial charge >= 0.3 is 0 Å². The first-order valence-electron chi connectivity index (χ1n) is 9.12. The van der Waals surface area contributed by atoms with Crippen molar-refractivity contribution < 1.29 is 19.1 Å². The molecule has 1 saturated heterocycles. The summed E-state index contributed by atoms with van der Waals surface area (Å²) in [6.45, 7) is 7.02. The Morgan fingerprint density at radius 1 is 1.04 bits per heavy atom. The van der Waals surface area contributed by atoms with E-state index in [0.717, 1.165) is 17.0 Å². The van der Waals surface area contributed by atoms with E-state index >= 15 is 0 Å². The maximum Gasteiger partial charge on any atom is 0.254 e. The van der Waals surface area contributed by atoms with Crippen LogP contribution in [0.5, 0.6) is 11.5 Å². The molecule has 2 aliphatic rings. The van der Waals surface area contributed by atoms with Crippen LogP contribution in [-0.4, -0.2) is 66.0 Å². The zero-order valence-corrected chi connectivity index (χ0v) is 15.6. The summed E-state index contributed by atoms with van der Waals surface area (Å²) in [7, 11) is 0. The van der Waals surface area contributed by atoms with Crippen LogP contribution in [0.3, 0.4) is 0 Å². The minimum Gasteiger partial charge on any atom is -0.454 e. The Kier molecular flexibility index (Phi) is 4.61. The molecule has 3 heterocycles. The lowest BCUT2D eigenvalue weighted by Gasteiger charge is -2.34. The van der Waals surface area contributed by atoms with Crippen molar-refractivity contribution in [2.75, 3.05) is 39.5 Å². The summed E-state index contributed by atoms with van der Waals surface area (Å²) >= 11 is 0. The molecule has 2 aromatic rings. The third-order valence-electron chi connectivity index (χ3n) is 5.10. The van der Waals surface area contributed by atoms with Gasteiger partial charge < -0.3 is 19.4 Å². The van der Waals surface area contributed by atoms with Crippen molar-refractivity contribution in [1.82, 2.24) is 14.8 Å². The van der Waals surface area contributed by atoms with E-state index in [2.05, 4.69) is 9.88 Å². The number of ether oxygens (including phenoxy) is 2. The number of hydrogen-bond donors (Lipinski definition) is 1. The van der Waals surface area contributed by atoms with E-state index in [1.165, 1.54) is 0 Å². The largest absolute Gasteiger partial charge is 0.454 e. The Hall–Kier alpha value is -2.80. The topological polar surface area (TPSA) is 74.9 Å². The molecule has 1 aromatic heterocycles. The molecule has 7 nitrogen and oxygen atoms in total. The molecule has 27 heavy (non-hydrogen) atoms. The number of aromatic nitrogens is 1. The SMILES string of the molecule is Cc1cc(C(=O)CN2CCN(C(=O)c3ccc4c(c3)OCO4)CC2)c(C)[nH]1. The molecule has 0 unspecified atom stereocenters. The molecular weight excluding hydrogens is 346 g/mol. The van der Waals surface area contributed by atoms with Crippen LogP contribution in [0.1, 0.15) is 32.1 Å². The molecule has 1 amide bonds. The highest BCUT2D eigenvalue weighted by atomic mass is 16.7. The molecule has 0 saturated carbocycles. The van der Waals surface area contributed by atoms with E-state index in [4.69, 9.17) is 9.47 Å². The minimum atomic E-state index is -0.0172. The van der Waals surface area contributed by atoms with Crippen molar-refractivity contribution in [2.45, 2.75) is 13.8 Å². The van der Waals surface area contributed by atoms with Crippen LogP contribution in [0.15, 0.2) is 24.3 Å². The summed E-state index contributed by atoms with van der Waals surface area (Å²) in [5.74, 6) is 1.39. The van der Waals surface area contributed by atoms with E-state index in [1.807, 2.05) is 24.8 Å². The van der Waals surface area contributed by atoms with Crippen LogP contribution in [-0.2, 0) is 0 Å². The summed E-state index contributed by atoms with van der Waals surface area (Å²) in [5, 5.41) is 0. The first-order chi connectivity index (χ1) is 13.0.